The summed E-state index contributed by atoms with van der Waals surface area (Å²) in [5.41, 5.74) is 2.93. The Morgan fingerprint density at radius 1 is 0.833 bits per heavy atom. The van der Waals surface area contributed by atoms with Gasteiger partial charge in [0.25, 0.3) is 0 Å². The molecule has 2 aliphatic rings. The summed E-state index contributed by atoms with van der Waals surface area (Å²) in [4.78, 5) is 5.10. The van der Waals surface area contributed by atoms with E-state index in [1.54, 1.807) is 0 Å². The maximum Gasteiger partial charge on any atom is 0.0237 e. The molecule has 1 aromatic rings. The lowest BCUT2D eigenvalue weighted by Gasteiger charge is -2.06. The molecule has 0 amide bonds. The van der Waals surface area contributed by atoms with Gasteiger partial charge in [0.15, 0.2) is 0 Å². The second-order valence-corrected chi connectivity index (χ2v) is 5.80. The smallest absolute Gasteiger partial charge is 0.0237 e. The Labute approximate surface area is 111 Å². The van der Waals surface area contributed by atoms with Crippen molar-refractivity contribution >= 4 is 0 Å². The maximum atomic E-state index is 2.55. The van der Waals surface area contributed by atoms with Crippen LogP contribution in [0.4, 0.5) is 0 Å². The second-order valence-electron chi connectivity index (χ2n) is 5.80. The molecule has 4 atom stereocenters. The third-order valence-electron chi connectivity index (χ3n) is 4.39. The van der Waals surface area contributed by atoms with E-state index in [4.69, 9.17) is 0 Å². The standard InChI is InChI=1S/C16H24N2/c1-3-15-11-17(15)9-13-5-7-14(8-6-13)10-18-12-16(18)4-2/h5-8,15-16H,3-4,9-12H2,1-2H3. The summed E-state index contributed by atoms with van der Waals surface area (Å²) in [5, 5.41) is 0. The molecule has 2 nitrogen and oxygen atoms in total. The quantitative estimate of drug-likeness (QED) is 0.710. The summed E-state index contributed by atoms with van der Waals surface area (Å²) in [7, 11) is 0. The first kappa shape index (κ1) is 12.2. The summed E-state index contributed by atoms with van der Waals surface area (Å²) >= 11 is 0. The largest absolute Gasteiger partial charge is 0.293 e. The van der Waals surface area contributed by atoms with Gasteiger partial charge in [-0.2, -0.15) is 0 Å². The van der Waals surface area contributed by atoms with E-state index in [2.05, 4.69) is 47.9 Å². The highest BCUT2D eigenvalue weighted by Gasteiger charge is 2.32. The monoisotopic (exact) mass is 244 g/mol. The highest BCUT2D eigenvalue weighted by Crippen LogP contribution is 2.25. The SMILES string of the molecule is CCC1CN1Cc1ccc(CN2CC2CC)cc1. The highest BCUT2D eigenvalue weighted by atomic mass is 15.3. The van der Waals surface area contributed by atoms with Gasteiger partial charge in [0, 0.05) is 38.3 Å². The molecule has 2 heteroatoms. The van der Waals surface area contributed by atoms with Gasteiger partial charge in [0.05, 0.1) is 0 Å². The van der Waals surface area contributed by atoms with Crippen LogP contribution in [0.2, 0.25) is 0 Å². The number of rotatable bonds is 6. The molecule has 2 saturated heterocycles. The summed E-state index contributed by atoms with van der Waals surface area (Å²) in [6, 6.07) is 10.9. The molecular weight excluding hydrogens is 220 g/mol. The lowest BCUT2D eigenvalue weighted by Crippen LogP contribution is -2.03. The first-order valence-corrected chi connectivity index (χ1v) is 7.36. The van der Waals surface area contributed by atoms with E-state index in [-0.39, 0.29) is 0 Å². The third kappa shape index (κ3) is 2.76. The summed E-state index contributed by atoms with van der Waals surface area (Å²) in [6.45, 7) is 9.43. The van der Waals surface area contributed by atoms with Crippen molar-refractivity contribution in [2.24, 2.45) is 0 Å². The molecule has 0 aliphatic carbocycles. The van der Waals surface area contributed by atoms with Gasteiger partial charge >= 0.3 is 0 Å². The fourth-order valence-corrected chi connectivity index (χ4v) is 2.83. The highest BCUT2D eigenvalue weighted by molar-refractivity contribution is 5.23. The minimum atomic E-state index is 0.854. The van der Waals surface area contributed by atoms with Crippen LogP contribution in [-0.4, -0.2) is 35.0 Å². The Bertz CT molecular complexity index is 359. The number of benzene rings is 1. The van der Waals surface area contributed by atoms with E-state index in [0.29, 0.717) is 0 Å². The van der Waals surface area contributed by atoms with E-state index in [1.807, 2.05) is 0 Å². The molecule has 3 rings (SSSR count). The molecule has 1 aromatic carbocycles. The van der Waals surface area contributed by atoms with E-state index in [0.717, 1.165) is 25.2 Å². The molecule has 4 unspecified atom stereocenters. The van der Waals surface area contributed by atoms with Crippen LogP contribution in [0.3, 0.4) is 0 Å². The Morgan fingerprint density at radius 2 is 1.22 bits per heavy atom. The molecule has 2 heterocycles. The van der Waals surface area contributed by atoms with Crippen molar-refractivity contribution in [2.45, 2.75) is 51.9 Å². The number of nitrogens with zero attached hydrogens (tertiary/aromatic N) is 2. The second kappa shape index (κ2) is 5.02. The molecule has 2 aliphatic heterocycles. The van der Waals surface area contributed by atoms with E-state index >= 15 is 0 Å². The van der Waals surface area contributed by atoms with Crippen LogP contribution < -0.4 is 0 Å². The van der Waals surface area contributed by atoms with E-state index in [9.17, 15) is 0 Å². The molecule has 98 valence electrons. The van der Waals surface area contributed by atoms with Gasteiger partial charge in [0.1, 0.15) is 0 Å². The van der Waals surface area contributed by atoms with E-state index in [1.165, 1.54) is 37.1 Å². The summed E-state index contributed by atoms with van der Waals surface area (Å²) in [6.07, 6.45) is 2.59. The zero-order valence-electron chi connectivity index (χ0n) is 11.6. The Morgan fingerprint density at radius 3 is 1.50 bits per heavy atom. The molecule has 0 bridgehead atoms. The summed E-state index contributed by atoms with van der Waals surface area (Å²) in [5.74, 6) is 0. The van der Waals surface area contributed by atoms with Crippen LogP contribution in [-0.2, 0) is 13.1 Å². The van der Waals surface area contributed by atoms with Crippen LogP contribution in [0.25, 0.3) is 0 Å². The van der Waals surface area contributed by atoms with Crippen molar-refractivity contribution in [2.75, 3.05) is 13.1 Å². The van der Waals surface area contributed by atoms with Crippen LogP contribution in [0.15, 0.2) is 24.3 Å². The Balaban J connectivity index is 1.50. The van der Waals surface area contributed by atoms with Crippen molar-refractivity contribution < 1.29 is 0 Å². The molecule has 0 radical (unpaired) electrons. The van der Waals surface area contributed by atoms with Crippen LogP contribution >= 0.6 is 0 Å². The molecule has 0 N–H and O–H groups in total. The fourth-order valence-electron chi connectivity index (χ4n) is 2.83. The number of hydrogen-bond acceptors (Lipinski definition) is 2. The van der Waals surface area contributed by atoms with E-state index < -0.39 is 0 Å². The average Bonchev–Trinajstić information content (AvgIpc) is 3.28. The van der Waals surface area contributed by atoms with Gasteiger partial charge in [-0.15, -0.1) is 0 Å². The lowest BCUT2D eigenvalue weighted by molar-refractivity contribution is 0.490. The van der Waals surface area contributed by atoms with Crippen LogP contribution in [0, 0.1) is 0 Å². The van der Waals surface area contributed by atoms with Gasteiger partial charge in [0.2, 0.25) is 0 Å². The van der Waals surface area contributed by atoms with Crippen molar-refractivity contribution in [3.05, 3.63) is 35.4 Å². The van der Waals surface area contributed by atoms with Gasteiger partial charge in [-0.25, -0.2) is 0 Å². The van der Waals surface area contributed by atoms with Crippen molar-refractivity contribution in [3.63, 3.8) is 0 Å². The predicted octanol–water partition coefficient (Wildman–Crippen LogP) is 2.88. The van der Waals surface area contributed by atoms with Crippen molar-refractivity contribution in [3.8, 4) is 0 Å². The molecule has 2 fully saturated rings. The first-order chi connectivity index (χ1) is 8.80. The normalized spacial score (nSPS) is 33.4. The minimum Gasteiger partial charge on any atom is -0.293 e. The predicted molar refractivity (Wildman–Crippen MR) is 75.4 cm³/mol. The van der Waals surface area contributed by atoms with Gasteiger partial charge in [-0.1, -0.05) is 38.1 Å². The average molecular weight is 244 g/mol. The maximum absolute atomic E-state index is 2.55. The van der Waals surface area contributed by atoms with Gasteiger partial charge in [-0.3, -0.25) is 9.80 Å². The van der Waals surface area contributed by atoms with Gasteiger partial charge < -0.3 is 0 Å². The third-order valence-corrected chi connectivity index (χ3v) is 4.39. The zero-order chi connectivity index (χ0) is 12.5. The minimum absolute atomic E-state index is 0.854. The molecule has 0 spiro atoms. The molecule has 0 aromatic heterocycles. The zero-order valence-corrected chi connectivity index (χ0v) is 11.6. The topological polar surface area (TPSA) is 6.02 Å². The van der Waals surface area contributed by atoms with Crippen LogP contribution in [0.1, 0.15) is 37.8 Å². The first-order valence-electron chi connectivity index (χ1n) is 7.36. The van der Waals surface area contributed by atoms with Crippen molar-refractivity contribution in [1.29, 1.82) is 0 Å². The number of hydrogen-bond donors (Lipinski definition) is 0. The summed E-state index contributed by atoms with van der Waals surface area (Å²) < 4.78 is 0. The molecule has 0 saturated carbocycles. The molecular formula is C16H24N2. The lowest BCUT2D eigenvalue weighted by atomic mass is 10.1. The molecule has 18 heavy (non-hydrogen) atoms. The fraction of sp³-hybridized carbons (Fsp3) is 0.625. The van der Waals surface area contributed by atoms with Crippen molar-refractivity contribution in [1.82, 2.24) is 9.80 Å². The van der Waals surface area contributed by atoms with Gasteiger partial charge in [-0.05, 0) is 24.0 Å². The van der Waals surface area contributed by atoms with Crippen LogP contribution in [0.5, 0.6) is 0 Å². The Hall–Kier alpha value is -0.860. The Kier molecular flexibility index (Phi) is 3.40.